The summed E-state index contributed by atoms with van der Waals surface area (Å²) in [6, 6.07) is 0.472. The molecule has 2 aliphatic carbocycles. The first-order valence-corrected chi connectivity index (χ1v) is 10.3. The number of nitrogens with one attached hydrogen (secondary N) is 2. The molecule has 2 unspecified atom stereocenters. The zero-order valence-electron chi connectivity index (χ0n) is 16.7. The van der Waals surface area contributed by atoms with Crippen LogP contribution in [-0.2, 0) is 4.74 Å². The van der Waals surface area contributed by atoms with Crippen LogP contribution in [0.15, 0.2) is 4.99 Å². The van der Waals surface area contributed by atoms with Crippen LogP contribution in [-0.4, -0.2) is 61.3 Å². The van der Waals surface area contributed by atoms with Crippen molar-refractivity contribution in [1.82, 2.24) is 15.5 Å². The van der Waals surface area contributed by atoms with E-state index in [0.717, 1.165) is 38.4 Å². The molecule has 4 N–H and O–H groups in total. The van der Waals surface area contributed by atoms with E-state index >= 15 is 0 Å². The molecule has 3 aliphatic rings. The zero-order chi connectivity index (χ0) is 18.6. The number of urea groups is 1. The highest BCUT2D eigenvalue weighted by Gasteiger charge is 2.57. The molecule has 1 aliphatic heterocycles. The van der Waals surface area contributed by atoms with E-state index in [1.165, 1.54) is 25.7 Å². The third-order valence-corrected chi connectivity index (χ3v) is 6.46. The first-order valence-electron chi connectivity index (χ1n) is 10.3. The van der Waals surface area contributed by atoms with Crippen LogP contribution in [0.1, 0.15) is 58.8 Å². The molecule has 27 heavy (non-hydrogen) atoms. The first kappa shape index (κ1) is 22.5. The number of primary amides is 1. The van der Waals surface area contributed by atoms with Crippen LogP contribution in [0.4, 0.5) is 4.79 Å². The van der Waals surface area contributed by atoms with Gasteiger partial charge < -0.3 is 26.0 Å². The Morgan fingerprint density at radius 3 is 2.44 bits per heavy atom. The fraction of sp³-hybridized carbons (Fsp3) is 0.895. The molecule has 2 amide bonds. The number of nitrogens with zero attached hydrogens (tertiary/aromatic N) is 2. The molecule has 156 valence electrons. The fourth-order valence-electron chi connectivity index (χ4n) is 4.98. The summed E-state index contributed by atoms with van der Waals surface area (Å²) in [7, 11) is 0. The van der Waals surface area contributed by atoms with Crippen LogP contribution in [0, 0.1) is 5.41 Å². The molecule has 0 bridgehead atoms. The zero-order valence-corrected chi connectivity index (χ0v) is 19.0. The highest BCUT2D eigenvalue weighted by atomic mass is 127. The topological polar surface area (TPSA) is 92.0 Å². The number of likely N-dealkylation sites (tertiary alicyclic amines) is 1. The number of nitrogens with two attached hydrogens (primary N) is 1. The summed E-state index contributed by atoms with van der Waals surface area (Å²) in [5, 5.41) is 7.30. The Morgan fingerprint density at radius 2 is 1.89 bits per heavy atom. The number of carbonyl (C=O) groups is 1. The standard InChI is InChI=1S/C19H35N5O2.HI/c1-3-21-18(22-14-7-11-24(12-8-14)17(20)25)23-15-13-16(26-4-2)19(15)9-5-6-10-19;/h14-16H,3-13H2,1-2H3,(H2,20,25)(H2,21,22,23);1H. The van der Waals surface area contributed by atoms with Crippen LogP contribution < -0.4 is 16.4 Å². The van der Waals surface area contributed by atoms with Gasteiger partial charge in [-0.25, -0.2) is 4.79 Å². The molecule has 2 saturated carbocycles. The molecular formula is C19H36IN5O2. The van der Waals surface area contributed by atoms with Crippen LogP contribution in [0.2, 0.25) is 0 Å². The Morgan fingerprint density at radius 1 is 1.22 bits per heavy atom. The van der Waals surface area contributed by atoms with E-state index in [1.54, 1.807) is 4.90 Å². The van der Waals surface area contributed by atoms with Crippen LogP contribution >= 0.6 is 24.0 Å². The van der Waals surface area contributed by atoms with E-state index in [0.29, 0.717) is 36.7 Å². The number of rotatable bonds is 5. The molecular weight excluding hydrogens is 457 g/mol. The summed E-state index contributed by atoms with van der Waals surface area (Å²) >= 11 is 0. The van der Waals surface area contributed by atoms with Crippen molar-refractivity contribution in [2.75, 3.05) is 26.2 Å². The lowest BCUT2D eigenvalue weighted by atomic mass is 9.60. The molecule has 7 nitrogen and oxygen atoms in total. The summed E-state index contributed by atoms with van der Waals surface area (Å²) in [6.45, 7) is 7.13. The van der Waals surface area contributed by atoms with Crippen LogP contribution in [0.5, 0.6) is 0 Å². The third-order valence-electron chi connectivity index (χ3n) is 6.46. The quantitative estimate of drug-likeness (QED) is 0.312. The van der Waals surface area contributed by atoms with Gasteiger partial charge in [0.2, 0.25) is 0 Å². The lowest BCUT2D eigenvalue weighted by Crippen LogP contribution is -2.65. The normalized spacial score (nSPS) is 27.8. The van der Waals surface area contributed by atoms with Gasteiger partial charge in [-0.1, -0.05) is 12.8 Å². The second kappa shape index (κ2) is 10.1. The molecule has 3 fully saturated rings. The molecule has 0 aromatic carbocycles. The lowest BCUT2D eigenvalue weighted by molar-refractivity contribution is -0.125. The minimum Gasteiger partial charge on any atom is -0.378 e. The first-order chi connectivity index (χ1) is 12.6. The fourth-order valence-corrected chi connectivity index (χ4v) is 4.98. The number of piperidine rings is 1. The van der Waals surface area contributed by atoms with E-state index in [9.17, 15) is 4.79 Å². The van der Waals surface area contributed by atoms with Crippen molar-refractivity contribution in [3.63, 3.8) is 0 Å². The van der Waals surface area contributed by atoms with Crippen molar-refractivity contribution in [2.45, 2.75) is 77.0 Å². The van der Waals surface area contributed by atoms with Gasteiger partial charge in [0.1, 0.15) is 0 Å². The maximum absolute atomic E-state index is 11.3. The Labute approximate surface area is 180 Å². The summed E-state index contributed by atoms with van der Waals surface area (Å²) in [6.07, 6.45) is 8.40. The molecule has 1 spiro atoms. The Bertz CT molecular complexity index is 516. The van der Waals surface area contributed by atoms with Gasteiger partial charge in [0, 0.05) is 43.7 Å². The van der Waals surface area contributed by atoms with Gasteiger partial charge in [-0.05, 0) is 46.0 Å². The van der Waals surface area contributed by atoms with Crippen LogP contribution in [0.25, 0.3) is 0 Å². The molecule has 0 aromatic heterocycles. The van der Waals surface area contributed by atoms with Crippen LogP contribution in [0.3, 0.4) is 0 Å². The number of aliphatic imine (C=N–C) groups is 1. The molecule has 0 radical (unpaired) electrons. The van der Waals surface area contributed by atoms with Crippen molar-refractivity contribution in [2.24, 2.45) is 16.1 Å². The van der Waals surface area contributed by atoms with Gasteiger partial charge in [-0.2, -0.15) is 0 Å². The number of amides is 2. The predicted molar refractivity (Wildman–Crippen MR) is 119 cm³/mol. The number of carbonyl (C=O) groups excluding carboxylic acids is 1. The Hall–Kier alpha value is -0.770. The third kappa shape index (κ3) is 4.99. The number of halogens is 1. The molecule has 8 heteroatoms. The predicted octanol–water partition coefficient (Wildman–Crippen LogP) is 2.44. The summed E-state index contributed by atoms with van der Waals surface area (Å²) < 4.78 is 6.02. The smallest absolute Gasteiger partial charge is 0.314 e. The van der Waals surface area contributed by atoms with Gasteiger partial charge in [0.25, 0.3) is 0 Å². The van der Waals surface area contributed by atoms with Gasteiger partial charge >= 0.3 is 6.03 Å². The largest absolute Gasteiger partial charge is 0.378 e. The van der Waals surface area contributed by atoms with E-state index in [2.05, 4.69) is 29.5 Å². The summed E-state index contributed by atoms with van der Waals surface area (Å²) in [5.74, 6) is 0.913. The molecule has 0 aromatic rings. The highest BCUT2D eigenvalue weighted by Crippen LogP contribution is 2.54. The van der Waals surface area contributed by atoms with E-state index in [4.69, 9.17) is 10.5 Å². The molecule has 1 saturated heterocycles. The van der Waals surface area contributed by atoms with Crippen molar-refractivity contribution < 1.29 is 9.53 Å². The second-order valence-corrected chi connectivity index (χ2v) is 7.88. The minimum absolute atomic E-state index is 0. The molecule has 3 rings (SSSR count). The summed E-state index contributed by atoms with van der Waals surface area (Å²) in [5.41, 5.74) is 5.67. The molecule has 2 atom stereocenters. The average molecular weight is 493 g/mol. The number of ether oxygens (including phenoxy) is 1. The van der Waals surface area contributed by atoms with E-state index in [-0.39, 0.29) is 30.0 Å². The van der Waals surface area contributed by atoms with Gasteiger partial charge in [-0.3, -0.25) is 4.99 Å². The summed E-state index contributed by atoms with van der Waals surface area (Å²) in [4.78, 5) is 17.7. The maximum atomic E-state index is 11.3. The van der Waals surface area contributed by atoms with Crippen molar-refractivity contribution in [1.29, 1.82) is 0 Å². The Balaban J connectivity index is 0.00000261. The number of hydrogen-bond acceptors (Lipinski definition) is 3. The average Bonchev–Trinajstić information content (AvgIpc) is 3.14. The number of guanidine groups is 1. The van der Waals surface area contributed by atoms with Crippen molar-refractivity contribution in [3.05, 3.63) is 0 Å². The highest BCUT2D eigenvalue weighted by molar-refractivity contribution is 14.0. The number of hydrogen-bond donors (Lipinski definition) is 3. The van der Waals surface area contributed by atoms with E-state index in [1.807, 2.05) is 0 Å². The second-order valence-electron chi connectivity index (χ2n) is 7.88. The minimum atomic E-state index is -0.316. The van der Waals surface area contributed by atoms with Gasteiger partial charge in [0.15, 0.2) is 5.96 Å². The Kier molecular flexibility index (Phi) is 8.45. The van der Waals surface area contributed by atoms with Gasteiger partial charge in [-0.15, -0.1) is 24.0 Å². The maximum Gasteiger partial charge on any atom is 0.314 e. The SMILES string of the molecule is CCN=C(NC1CCN(C(N)=O)CC1)NC1CC(OCC)C12CCCC2.I. The van der Waals surface area contributed by atoms with E-state index < -0.39 is 0 Å². The lowest BCUT2D eigenvalue weighted by Gasteiger charge is -2.54. The van der Waals surface area contributed by atoms with Crippen molar-refractivity contribution >= 4 is 36.0 Å². The monoisotopic (exact) mass is 493 g/mol. The van der Waals surface area contributed by atoms with Crippen molar-refractivity contribution in [3.8, 4) is 0 Å². The van der Waals surface area contributed by atoms with Gasteiger partial charge in [0.05, 0.1) is 6.10 Å². The molecule has 1 heterocycles.